The molecule has 2 aliphatic carbocycles. The van der Waals surface area contributed by atoms with Gasteiger partial charge in [-0.2, -0.15) is 0 Å². The predicted octanol–water partition coefficient (Wildman–Crippen LogP) is 10.8. The van der Waals surface area contributed by atoms with E-state index in [-0.39, 0.29) is 39.7 Å². The summed E-state index contributed by atoms with van der Waals surface area (Å²) in [4.78, 5) is 0. The minimum atomic E-state index is 0. The standard InChI is InChI=1S/2C21H14N.2CH3.2ClH.H2Si.Zr/c2*1-2-9-16(10-3-1)22-19-13-7-6-12-18(19)21-17-11-5-4-8-15(17)14-20(21)22;;;;;;/h2*1-11,13H,14H2;2*1H3;2*1H;1H2;/q4*-1;;;;. The Bertz CT molecular complexity index is 2170. The van der Waals surface area contributed by atoms with E-state index < -0.39 is 0 Å². The van der Waals surface area contributed by atoms with Gasteiger partial charge in [0.05, 0.1) is 0 Å². The van der Waals surface area contributed by atoms with Crippen LogP contribution in [0.4, 0.5) is 0 Å². The SMILES string of the molecule is Cl.Cl.[CH3-].[CH3-].[SiH2]=[Zr].[c-]1cccc2c1c1c(n2-c2ccccc2)Cc2ccccc2-1.[c-]1cccc2c1c1c(n2-c2ccccc2)Cc2ccccc2-1. The molecule has 0 N–H and O–H groups in total. The van der Waals surface area contributed by atoms with Gasteiger partial charge in [-0.1, -0.05) is 107 Å². The number of hydrogen-bond acceptors (Lipinski definition) is 0. The molecule has 0 bridgehead atoms. The Labute approximate surface area is 325 Å². The Hall–Kier alpha value is -3.92. The maximum atomic E-state index is 3.46. The molecule has 0 unspecified atom stereocenters. The molecule has 10 rings (SSSR count). The van der Waals surface area contributed by atoms with Gasteiger partial charge in [0.15, 0.2) is 0 Å². The fourth-order valence-corrected chi connectivity index (χ4v) is 7.29. The maximum Gasteiger partial charge on any atom is 0.0363 e. The van der Waals surface area contributed by atoms with Crippen molar-refractivity contribution in [3.05, 3.63) is 195 Å². The molecule has 8 aromatic rings. The Morgan fingerprint density at radius 1 is 0.460 bits per heavy atom. The van der Waals surface area contributed by atoms with Crippen molar-refractivity contribution in [2.24, 2.45) is 0 Å². The van der Waals surface area contributed by atoms with Crippen molar-refractivity contribution in [2.45, 2.75) is 12.8 Å². The van der Waals surface area contributed by atoms with Crippen LogP contribution < -0.4 is 0 Å². The van der Waals surface area contributed by atoms with E-state index in [1.165, 1.54) is 77.9 Å². The van der Waals surface area contributed by atoms with E-state index in [1.54, 1.807) is 23.3 Å². The number of para-hydroxylation sites is 2. The molecule has 2 heterocycles. The second-order valence-electron chi connectivity index (χ2n) is 11.5. The number of aromatic nitrogens is 2. The van der Waals surface area contributed by atoms with Crippen LogP contribution in [0.2, 0.25) is 0 Å². The third kappa shape index (κ3) is 6.51. The van der Waals surface area contributed by atoms with Crippen LogP contribution in [0.1, 0.15) is 22.5 Å². The number of halogens is 2. The van der Waals surface area contributed by atoms with Gasteiger partial charge in [0.2, 0.25) is 0 Å². The molecule has 2 aromatic heterocycles. The van der Waals surface area contributed by atoms with Crippen LogP contribution >= 0.6 is 24.8 Å². The molecule has 250 valence electrons. The summed E-state index contributed by atoms with van der Waals surface area (Å²) < 4.78 is 4.78. The minimum absolute atomic E-state index is 0. The van der Waals surface area contributed by atoms with Crippen molar-refractivity contribution >= 4 is 53.5 Å². The van der Waals surface area contributed by atoms with Gasteiger partial charge in [-0.3, -0.25) is 0 Å². The van der Waals surface area contributed by atoms with Crippen LogP contribution in [0.25, 0.3) is 55.4 Å². The van der Waals surface area contributed by atoms with Crippen LogP contribution in [0.5, 0.6) is 0 Å². The number of benzene rings is 6. The van der Waals surface area contributed by atoms with Crippen molar-refractivity contribution in [3.63, 3.8) is 0 Å². The fraction of sp³-hybridized carbons (Fsp3) is 0.0455. The fourth-order valence-electron chi connectivity index (χ4n) is 7.29. The smallest absolute Gasteiger partial charge is 0.0363 e. The first-order valence-electron chi connectivity index (χ1n) is 15.6. The number of hydrogen-bond donors (Lipinski definition) is 0. The van der Waals surface area contributed by atoms with Crippen molar-refractivity contribution in [3.8, 4) is 33.6 Å². The van der Waals surface area contributed by atoms with Crippen molar-refractivity contribution in [1.82, 2.24) is 9.13 Å². The average Bonchev–Trinajstić information content (AvgIpc) is 3.86. The van der Waals surface area contributed by atoms with Gasteiger partial charge in [-0.25, -0.2) is 0 Å². The Kier molecular flexibility index (Phi) is 13.1. The molecule has 0 saturated heterocycles. The van der Waals surface area contributed by atoms with Crippen LogP contribution in [-0.2, 0) is 36.2 Å². The zero-order valence-electron chi connectivity index (χ0n) is 28.2. The van der Waals surface area contributed by atoms with E-state index >= 15 is 0 Å². The monoisotopic (exact) mass is 782 g/mol. The maximum absolute atomic E-state index is 3.46. The molecule has 0 atom stereocenters. The summed E-state index contributed by atoms with van der Waals surface area (Å²) in [6, 6.07) is 58.2. The summed E-state index contributed by atoms with van der Waals surface area (Å²) >= 11 is 1.58. The summed E-state index contributed by atoms with van der Waals surface area (Å²) in [5.74, 6) is 0. The van der Waals surface area contributed by atoms with Gasteiger partial charge in [0, 0.05) is 24.2 Å². The first kappa shape index (κ1) is 38.9. The van der Waals surface area contributed by atoms with E-state index in [0.29, 0.717) is 0 Å². The third-order valence-corrected chi connectivity index (χ3v) is 9.09. The van der Waals surface area contributed by atoms with Crippen LogP contribution in [0.3, 0.4) is 0 Å². The summed E-state index contributed by atoms with van der Waals surface area (Å²) in [5, 5.41) is 2.46. The summed E-state index contributed by atoms with van der Waals surface area (Å²) in [7, 11) is 0. The number of fused-ring (bicyclic) bond motifs is 10. The number of nitrogens with zero attached hydrogens (tertiary/aromatic N) is 2. The van der Waals surface area contributed by atoms with Gasteiger partial charge in [-0.15, -0.1) is 84.1 Å². The molecule has 0 saturated carbocycles. The van der Waals surface area contributed by atoms with Gasteiger partial charge in [-0.05, 0) is 57.8 Å². The normalized spacial score (nSPS) is 10.9. The van der Waals surface area contributed by atoms with Gasteiger partial charge in [0.1, 0.15) is 0 Å². The summed E-state index contributed by atoms with van der Waals surface area (Å²) in [6.45, 7) is 1.95. The molecule has 6 heteroatoms. The molecule has 6 aromatic carbocycles. The van der Waals surface area contributed by atoms with Crippen molar-refractivity contribution in [2.75, 3.05) is 0 Å². The zero-order valence-corrected chi connectivity index (χ0v) is 33.7. The van der Waals surface area contributed by atoms with Crippen LogP contribution in [0, 0.1) is 27.0 Å². The molecular weight excluding hydrogens is 747 g/mol. The van der Waals surface area contributed by atoms with E-state index in [4.69, 9.17) is 0 Å². The summed E-state index contributed by atoms with van der Waals surface area (Å²) in [5.41, 5.74) is 16.0. The Balaban J connectivity index is 0.000000199. The second kappa shape index (κ2) is 16.9. The van der Waals surface area contributed by atoms with Crippen molar-refractivity contribution in [1.29, 1.82) is 0 Å². The first-order valence-corrected chi connectivity index (χ1v) is 21.5. The zero-order chi connectivity index (χ0) is 31.0. The summed E-state index contributed by atoms with van der Waals surface area (Å²) in [6.07, 6.45) is 1.98. The molecular formula is C44H38Cl2N2SiZr-4. The topological polar surface area (TPSA) is 9.86 Å². The number of rotatable bonds is 2. The largest absolute Gasteiger partial charge is 0.363 e. The molecule has 50 heavy (non-hydrogen) atoms. The quantitative estimate of drug-likeness (QED) is 0.122. The molecule has 0 amide bonds. The molecule has 0 spiro atoms. The molecule has 0 aliphatic heterocycles. The molecule has 2 aliphatic rings. The van der Waals surface area contributed by atoms with Crippen molar-refractivity contribution < 1.29 is 23.3 Å². The van der Waals surface area contributed by atoms with E-state index in [2.05, 4.69) is 155 Å². The van der Waals surface area contributed by atoms with Crippen LogP contribution in [0.15, 0.2) is 146 Å². The third-order valence-electron chi connectivity index (χ3n) is 9.09. The minimum Gasteiger partial charge on any atom is -0.363 e. The van der Waals surface area contributed by atoms with Gasteiger partial charge < -0.3 is 24.0 Å². The van der Waals surface area contributed by atoms with Gasteiger partial charge in [0.25, 0.3) is 0 Å². The van der Waals surface area contributed by atoms with E-state index in [0.717, 1.165) is 12.8 Å². The average molecular weight is 785 g/mol. The molecule has 0 fully saturated rings. The Morgan fingerprint density at radius 3 is 1.22 bits per heavy atom. The van der Waals surface area contributed by atoms with E-state index in [1.807, 2.05) is 19.0 Å². The van der Waals surface area contributed by atoms with Gasteiger partial charge >= 0.3 is 30.2 Å². The van der Waals surface area contributed by atoms with Crippen LogP contribution in [-0.4, -0.2) is 16.0 Å². The predicted molar refractivity (Wildman–Crippen MR) is 217 cm³/mol. The Morgan fingerprint density at radius 2 is 0.820 bits per heavy atom. The molecule has 0 radical (unpaired) electrons. The first-order chi connectivity index (χ1) is 22.9. The second-order valence-corrected chi connectivity index (χ2v) is 11.5. The van der Waals surface area contributed by atoms with E-state index in [9.17, 15) is 0 Å². The molecule has 2 nitrogen and oxygen atoms in total.